The Morgan fingerprint density at radius 1 is 1.32 bits per heavy atom. The zero-order valence-electron chi connectivity index (χ0n) is 12.4. The van der Waals surface area contributed by atoms with E-state index >= 15 is 0 Å². The average molecular weight is 302 g/mol. The molecule has 22 heavy (non-hydrogen) atoms. The number of imide groups is 1. The number of carbonyl (C=O) groups is 3. The highest BCUT2D eigenvalue weighted by molar-refractivity contribution is 6.07. The number of nitrogens with two attached hydrogens (primary N) is 1. The first-order valence-electron chi connectivity index (χ1n) is 7.22. The van der Waals surface area contributed by atoms with Gasteiger partial charge in [-0.15, -0.1) is 0 Å². The highest BCUT2D eigenvalue weighted by Crippen LogP contribution is 2.31. The van der Waals surface area contributed by atoms with Crippen LogP contribution >= 0.6 is 0 Å². The summed E-state index contributed by atoms with van der Waals surface area (Å²) in [5.41, 5.74) is 8.37. The van der Waals surface area contributed by atoms with Gasteiger partial charge in [0, 0.05) is 25.0 Å². The molecule has 2 aliphatic rings. The number of amides is 4. The van der Waals surface area contributed by atoms with Crippen LogP contribution < -0.4 is 10.6 Å². The van der Waals surface area contributed by atoms with Crippen LogP contribution in [0.3, 0.4) is 0 Å². The minimum atomic E-state index is -0.428. The number of likely N-dealkylation sites (N-methyl/N-ethyl adjacent to an activating group) is 1. The van der Waals surface area contributed by atoms with Gasteiger partial charge in [-0.1, -0.05) is 6.07 Å². The second kappa shape index (κ2) is 5.32. The molecule has 1 aromatic carbocycles. The second-order valence-electron chi connectivity index (χ2n) is 5.61. The van der Waals surface area contributed by atoms with Crippen molar-refractivity contribution < 1.29 is 14.4 Å². The summed E-state index contributed by atoms with van der Waals surface area (Å²) >= 11 is 0. The molecule has 7 heteroatoms. The van der Waals surface area contributed by atoms with Crippen molar-refractivity contribution in [2.24, 2.45) is 0 Å². The molecular formula is C15H18N4O3. The molecule has 0 saturated carbocycles. The smallest absolute Gasteiger partial charge is 0.327 e. The van der Waals surface area contributed by atoms with Crippen LogP contribution in [0.25, 0.3) is 0 Å². The number of benzene rings is 1. The van der Waals surface area contributed by atoms with Gasteiger partial charge in [0.05, 0.1) is 0 Å². The molecule has 2 N–H and O–H groups in total. The summed E-state index contributed by atoms with van der Waals surface area (Å²) in [7, 11) is 1.54. The fourth-order valence-corrected chi connectivity index (χ4v) is 2.96. The molecular weight excluding hydrogens is 284 g/mol. The normalized spacial score (nSPS) is 18.0. The van der Waals surface area contributed by atoms with Crippen molar-refractivity contribution in [3.05, 3.63) is 23.8 Å². The fraction of sp³-hybridized carbons (Fsp3) is 0.400. The number of rotatable bonds is 2. The van der Waals surface area contributed by atoms with Gasteiger partial charge in [0.25, 0.3) is 5.91 Å². The Labute approximate surface area is 128 Å². The van der Waals surface area contributed by atoms with Crippen LogP contribution in [0.1, 0.15) is 12.0 Å². The number of fused-ring (bicyclic) bond motifs is 1. The van der Waals surface area contributed by atoms with Crippen molar-refractivity contribution >= 4 is 29.2 Å². The largest absolute Gasteiger partial charge is 0.398 e. The number of anilines is 2. The van der Waals surface area contributed by atoms with E-state index in [2.05, 4.69) is 0 Å². The van der Waals surface area contributed by atoms with Gasteiger partial charge in [0.15, 0.2) is 0 Å². The van der Waals surface area contributed by atoms with E-state index in [1.165, 1.54) is 4.90 Å². The Morgan fingerprint density at radius 3 is 2.77 bits per heavy atom. The number of nitrogens with zero attached hydrogens (tertiary/aromatic N) is 3. The molecule has 2 heterocycles. The van der Waals surface area contributed by atoms with Crippen LogP contribution in [0.2, 0.25) is 0 Å². The van der Waals surface area contributed by atoms with E-state index in [0.29, 0.717) is 12.2 Å². The first-order chi connectivity index (χ1) is 10.5. The second-order valence-corrected chi connectivity index (χ2v) is 5.61. The molecule has 116 valence electrons. The average Bonchev–Trinajstić information content (AvgIpc) is 2.73. The van der Waals surface area contributed by atoms with Gasteiger partial charge < -0.3 is 15.5 Å². The van der Waals surface area contributed by atoms with Crippen molar-refractivity contribution in [1.82, 2.24) is 9.80 Å². The molecule has 0 radical (unpaired) electrons. The fourth-order valence-electron chi connectivity index (χ4n) is 2.96. The Hall–Kier alpha value is -2.57. The SMILES string of the molecule is CN1CC(=O)N(CC(=O)N2CCCc3c(N)cccc32)C1=O. The Balaban J connectivity index is 1.81. The predicted octanol–water partition coefficient (Wildman–Crippen LogP) is 0.442. The van der Waals surface area contributed by atoms with Crippen molar-refractivity contribution in [1.29, 1.82) is 0 Å². The molecule has 0 bridgehead atoms. The lowest BCUT2D eigenvalue weighted by atomic mass is 10.00. The molecule has 1 saturated heterocycles. The van der Waals surface area contributed by atoms with Gasteiger partial charge in [-0.3, -0.25) is 14.5 Å². The third-order valence-corrected chi connectivity index (χ3v) is 4.11. The van der Waals surface area contributed by atoms with Crippen LogP contribution in [0.4, 0.5) is 16.2 Å². The Morgan fingerprint density at radius 2 is 2.09 bits per heavy atom. The molecule has 0 aromatic heterocycles. The maximum atomic E-state index is 12.5. The van der Waals surface area contributed by atoms with E-state index in [-0.39, 0.29) is 24.9 Å². The van der Waals surface area contributed by atoms with Crippen LogP contribution in [0.5, 0.6) is 0 Å². The maximum Gasteiger partial charge on any atom is 0.327 e. The molecule has 7 nitrogen and oxygen atoms in total. The van der Waals surface area contributed by atoms with Crippen molar-refractivity contribution in [2.75, 3.05) is 37.3 Å². The molecule has 0 spiro atoms. The highest BCUT2D eigenvalue weighted by Gasteiger charge is 2.36. The standard InChI is InChI=1S/C15H18N4O3/c1-17-8-13(20)19(15(17)22)9-14(21)18-7-3-4-10-11(16)5-2-6-12(10)18/h2,5-6H,3-4,7-9,16H2,1H3. The number of hydrogen-bond donors (Lipinski definition) is 1. The topological polar surface area (TPSA) is 87.0 Å². The molecule has 0 aliphatic carbocycles. The van der Waals surface area contributed by atoms with Crippen molar-refractivity contribution in [2.45, 2.75) is 12.8 Å². The van der Waals surface area contributed by atoms with Gasteiger partial charge in [-0.25, -0.2) is 4.79 Å². The molecule has 4 amide bonds. The molecule has 2 aliphatic heterocycles. The van der Waals surface area contributed by atoms with E-state index in [1.807, 2.05) is 12.1 Å². The lowest BCUT2D eigenvalue weighted by molar-refractivity contribution is -0.129. The van der Waals surface area contributed by atoms with E-state index in [1.54, 1.807) is 18.0 Å². The summed E-state index contributed by atoms with van der Waals surface area (Å²) in [6, 6.07) is 5.04. The van der Waals surface area contributed by atoms with Gasteiger partial charge in [-0.05, 0) is 30.5 Å². The predicted molar refractivity (Wildman–Crippen MR) is 81.3 cm³/mol. The summed E-state index contributed by atoms with van der Waals surface area (Å²) in [6.45, 7) is 0.368. The van der Waals surface area contributed by atoms with Crippen LogP contribution in [-0.2, 0) is 16.0 Å². The molecule has 1 fully saturated rings. The lowest BCUT2D eigenvalue weighted by Gasteiger charge is -2.31. The molecule has 1 aromatic rings. The van der Waals surface area contributed by atoms with Crippen molar-refractivity contribution in [3.8, 4) is 0 Å². The Kier molecular flexibility index (Phi) is 3.48. The number of nitrogen functional groups attached to an aromatic ring is 1. The van der Waals surface area contributed by atoms with Gasteiger partial charge in [0.2, 0.25) is 5.91 Å². The molecule has 0 atom stereocenters. The minimum absolute atomic E-state index is 0.0235. The highest BCUT2D eigenvalue weighted by atomic mass is 16.2. The summed E-state index contributed by atoms with van der Waals surface area (Å²) in [4.78, 5) is 40.1. The number of urea groups is 1. The summed E-state index contributed by atoms with van der Waals surface area (Å²) in [5, 5.41) is 0. The summed E-state index contributed by atoms with van der Waals surface area (Å²) in [5.74, 6) is -0.603. The van der Waals surface area contributed by atoms with Gasteiger partial charge in [0.1, 0.15) is 13.1 Å². The third-order valence-electron chi connectivity index (χ3n) is 4.11. The maximum absolute atomic E-state index is 12.5. The van der Waals surface area contributed by atoms with E-state index in [9.17, 15) is 14.4 Å². The van der Waals surface area contributed by atoms with Gasteiger partial charge >= 0.3 is 6.03 Å². The lowest BCUT2D eigenvalue weighted by Crippen LogP contribution is -2.45. The number of hydrogen-bond acceptors (Lipinski definition) is 4. The van der Waals surface area contributed by atoms with Crippen LogP contribution in [-0.4, -0.2) is 54.3 Å². The first kappa shape index (κ1) is 14.4. The van der Waals surface area contributed by atoms with E-state index in [4.69, 9.17) is 5.73 Å². The monoisotopic (exact) mass is 302 g/mol. The van der Waals surface area contributed by atoms with E-state index in [0.717, 1.165) is 29.0 Å². The van der Waals surface area contributed by atoms with Crippen LogP contribution in [0, 0.1) is 0 Å². The zero-order valence-corrected chi connectivity index (χ0v) is 12.4. The first-order valence-corrected chi connectivity index (χ1v) is 7.22. The quantitative estimate of drug-likeness (QED) is 0.634. The van der Waals surface area contributed by atoms with Crippen LogP contribution in [0.15, 0.2) is 18.2 Å². The molecule has 3 rings (SSSR count). The number of carbonyl (C=O) groups excluding carboxylic acids is 3. The zero-order chi connectivity index (χ0) is 15.9. The molecule has 0 unspecified atom stereocenters. The minimum Gasteiger partial charge on any atom is -0.398 e. The van der Waals surface area contributed by atoms with Crippen molar-refractivity contribution in [3.63, 3.8) is 0 Å². The summed E-state index contributed by atoms with van der Waals surface area (Å²) < 4.78 is 0. The van der Waals surface area contributed by atoms with Gasteiger partial charge in [-0.2, -0.15) is 0 Å². The summed E-state index contributed by atoms with van der Waals surface area (Å²) in [6.07, 6.45) is 1.64. The third kappa shape index (κ3) is 2.28. The van der Waals surface area contributed by atoms with E-state index < -0.39 is 6.03 Å². The Bertz CT molecular complexity index is 658.